The molecule has 12 heavy (non-hydrogen) atoms. The highest BCUT2D eigenvalue weighted by molar-refractivity contribution is 5.71. The van der Waals surface area contributed by atoms with Crippen molar-refractivity contribution in [2.24, 2.45) is 5.73 Å². The van der Waals surface area contributed by atoms with Gasteiger partial charge in [0.05, 0.1) is 0 Å². The summed E-state index contributed by atoms with van der Waals surface area (Å²) in [6.45, 7) is 3.14. The average Bonchev–Trinajstić information content (AvgIpc) is 2.36. The highest BCUT2D eigenvalue weighted by Crippen LogP contribution is 1.92. The molecule has 2 amide bonds. The zero-order valence-corrected chi connectivity index (χ0v) is 6.95. The molecule has 1 aromatic rings. The summed E-state index contributed by atoms with van der Waals surface area (Å²) in [5.41, 5.74) is 4.90. The summed E-state index contributed by atoms with van der Waals surface area (Å²) < 4.78 is 1.94. The number of aromatic nitrogens is 2. The zero-order valence-electron chi connectivity index (χ0n) is 6.95. The highest BCUT2D eigenvalue weighted by Gasteiger charge is 1.96. The molecular formula is C7H12N4O. The van der Waals surface area contributed by atoms with Crippen LogP contribution in [0.4, 0.5) is 4.79 Å². The van der Waals surface area contributed by atoms with E-state index in [1.54, 1.807) is 6.20 Å². The van der Waals surface area contributed by atoms with Crippen LogP contribution in [-0.4, -0.2) is 22.1 Å². The Morgan fingerprint density at radius 1 is 1.83 bits per heavy atom. The van der Waals surface area contributed by atoms with Crippen LogP contribution in [0.5, 0.6) is 0 Å². The van der Waals surface area contributed by atoms with Gasteiger partial charge in [-0.25, -0.2) is 9.78 Å². The van der Waals surface area contributed by atoms with Gasteiger partial charge in [-0.05, 0) is 6.92 Å². The number of hydrogen-bond acceptors (Lipinski definition) is 2. The molecule has 0 bridgehead atoms. The lowest BCUT2D eigenvalue weighted by molar-refractivity contribution is 0.248. The zero-order chi connectivity index (χ0) is 8.97. The van der Waals surface area contributed by atoms with E-state index in [-0.39, 0.29) is 0 Å². The molecular weight excluding hydrogens is 156 g/mol. The number of amides is 2. The van der Waals surface area contributed by atoms with E-state index in [0.717, 1.165) is 5.82 Å². The summed E-state index contributed by atoms with van der Waals surface area (Å²) in [5.74, 6) is 0.932. The maximum Gasteiger partial charge on any atom is 0.312 e. The third-order valence-electron chi connectivity index (χ3n) is 1.58. The molecule has 0 fully saturated rings. The van der Waals surface area contributed by atoms with Gasteiger partial charge in [0, 0.05) is 25.5 Å². The number of carbonyl (C=O) groups excluding carboxylic acids is 1. The third kappa shape index (κ3) is 2.26. The van der Waals surface area contributed by atoms with Gasteiger partial charge in [0.1, 0.15) is 5.82 Å². The van der Waals surface area contributed by atoms with E-state index in [1.807, 2.05) is 17.7 Å². The Morgan fingerprint density at radius 3 is 3.08 bits per heavy atom. The van der Waals surface area contributed by atoms with Crippen molar-refractivity contribution in [1.82, 2.24) is 14.9 Å². The minimum Gasteiger partial charge on any atom is -0.352 e. The van der Waals surface area contributed by atoms with E-state index in [2.05, 4.69) is 10.3 Å². The SMILES string of the molecule is Cc1nccn1CCNC(N)=O. The van der Waals surface area contributed by atoms with Gasteiger partial charge in [0.15, 0.2) is 0 Å². The van der Waals surface area contributed by atoms with E-state index in [9.17, 15) is 4.79 Å². The molecule has 1 rings (SSSR count). The summed E-state index contributed by atoms with van der Waals surface area (Å²) in [7, 11) is 0. The van der Waals surface area contributed by atoms with Gasteiger partial charge in [0.25, 0.3) is 0 Å². The topological polar surface area (TPSA) is 72.9 Å². The molecule has 0 aliphatic carbocycles. The Hall–Kier alpha value is -1.52. The molecule has 3 N–H and O–H groups in total. The molecule has 0 saturated heterocycles. The predicted octanol–water partition coefficient (Wildman–Crippen LogP) is -0.140. The summed E-state index contributed by atoms with van der Waals surface area (Å²) >= 11 is 0. The standard InChI is InChI=1S/C7H12N4O/c1-6-9-2-4-11(6)5-3-10-7(8)12/h2,4H,3,5H2,1H3,(H3,8,10,12). The minimum atomic E-state index is -0.493. The molecule has 5 nitrogen and oxygen atoms in total. The van der Waals surface area contributed by atoms with Crippen LogP contribution in [0.3, 0.4) is 0 Å². The molecule has 0 unspecified atom stereocenters. The van der Waals surface area contributed by atoms with Gasteiger partial charge < -0.3 is 15.6 Å². The molecule has 1 heterocycles. The smallest absolute Gasteiger partial charge is 0.312 e. The van der Waals surface area contributed by atoms with Crippen molar-refractivity contribution in [3.63, 3.8) is 0 Å². The molecule has 0 atom stereocenters. The van der Waals surface area contributed by atoms with Gasteiger partial charge in [-0.2, -0.15) is 0 Å². The first-order chi connectivity index (χ1) is 5.70. The lowest BCUT2D eigenvalue weighted by Crippen LogP contribution is -2.32. The Bertz CT molecular complexity index is 268. The Labute approximate surface area is 70.6 Å². The molecule has 0 spiro atoms. The summed E-state index contributed by atoms with van der Waals surface area (Å²) in [5, 5.41) is 2.50. The third-order valence-corrected chi connectivity index (χ3v) is 1.58. The van der Waals surface area contributed by atoms with Crippen LogP contribution in [0.25, 0.3) is 0 Å². The number of carbonyl (C=O) groups is 1. The Morgan fingerprint density at radius 2 is 2.58 bits per heavy atom. The van der Waals surface area contributed by atoms with Crippen molar-refractivity contribution in [3.05, 3.63) is 18.2 Å². The van der Waals surface area contributed by atoms with E-state index >= 15 is 0 Å². The second kappa shape index (κ2) is 3.75. The van der Waals surface area contributed by atoms with Crippen molar-refractivity contribution >= 4 is 6.03 Å². The number of nitrogens with zero attached hydrogens (tertiary/aromatic N) is 2. The molecule has 66 valence electrons. The van der Waals surface area contributed by atoms with E-state index in [4.69, 9.17) is 5.73 Å². The van der Waals surface area contributed by atoms with Crippen LogP contribution in [0.15, 0.2) is 12.4 Å². The maximum atomic E-state index is 10.3. The fraction of sp³-hybridized carbons (Fsp3) is 0.429. The fourth-order valence-corrected chi connectivity index (χ4v) is 0.940. The van der Waals surface area contributed by atoms with Crippen LogP contribution in [-0.2, 0) is 6.54 Å². The van der Waals surface area contributed by atoms with Crippen LogP contribution in [0, 0.1) is 6.92 Å². The maximum absolute atomic E-state index is 10.3. The molecule has 0 radical (unpaired) electrons. The van der Waals surface area contributed by atoms with Crippen molar-refractivity contribution in [2.45, 2.75) is 13.5 Å². The minimum absolute atomic E-state index is 0.493. The summed E-state index contributed by atoms with van der Waals surface area (Å²) in [6, 6.07) is -0.493. The number of aryl methyl sites for hydroxylation is 1. The predicted molar refractivity (Wildman–Crippen MR) is 44.6 cm³/mol. The molecule has 0 aromatic carbocycles. The number of imidazole rings is 1. The number of rotatable bonds is 3. The second-order valence-electron chi connectivity index (χ2n) is 2.46. The van der Waals surface area contributed by atoms with E-state index < -0.39 is 6.03 Å². The van der Waals surface area contributed by atoms with Crippen LogP contribution in [0.2, 0.25) is 0 Å². The molecule has 1 aromatic heterocycles. The second-order valence-corrected chi connectivity index (χ2v) is 2.46. The first-order valence-corrected chi connectivity index (χ1v) is 3.71. The van der Waals surface area contributed by atoms with Gasteiger partial charge in [-0.3, -0.25) is 0 Å². The van der Waals surface area contributed by atoms with Gasteiger partial charge in [0.2, 0.25) is 0 Å². The van der Waals surface area contributed by atoms with Crippen LogP contribution >= 0.6 is 0 Å². The monoisotopic (exact) mass is 168 g/mol. The number of primary amides is 1. The van der Waals surface area contributed by atoms with Gasteiger partial charge in [-0.15, -0.1) is 0 Å². The van der Waals surface area contributed by atoms with Crippen molar-refractivity contribution in [2.75, 3.05) is 6.54 Å². The van der Waals surface area contributed by atoms with E-state index in [0.29, 0.717) is 13.1 Å². The average molecular weight is 168 g/mol. The Kier molecular flexibility index (Phi) is 2.68. The highest BCUT2D eigenvalue weighted by atomic mass is 16.2. The fourth-order valence-electron chi connectivity index (χ4n) is 0.940. The van der Waals surface area contributed by atoms with Gasteiger partial charge >= 0.3 is 6.03 Å². The van der Waals surface area contributed by atoms with E-state index in [1.165, 1.54) is 0 Å². The summed E-state index contributed by atoms with van der Waals surface area (Å²) in [6.07, 6.45) is 3.58. The summed E-state index contributed by atoms with van der Waals surface area (Å²) in [4.78, 5) is 14.3. The number of nitrogens with two attached hydrogens (primary N) is 1. The van der Waals surface area contributed by atoms with Crippen molar-refractivity contribution in [1.29, 1.82) is 0 Å². The number of urea groups is 1. The molecule has 5 heteroatoms. The van der Waals surface area contributed by atoms with Crippen LogP contribution in [0.1, 0.15) is 5.82 Å². The van der Waals surface area contributed by atoms with Crippen molar-refractivity contribution < 1.29 is 4.79 Å². The molecule has 0 aliphatic heterocycles. The largest absolute Gasteiger partial charge is 0.352 e. The lowest BCUT2D eigenvalue weighted by Gasteiger charge is -2.04. The van der Waals surface area contributed by atoms with Gasteiger partial charge in [-0.1, -0.05) is 0 Å². The number of hydrogen-bond donors (Lipinski definition) is 2. The lowest BCUT2D eigenvalue weighted by atomic mass is 10.5. The molecule has 0 aliphatic rings. The first kappa shape index (κ1) is 8.58. The van der Waals surface area contributed by atoms with Crippen LogP contribution < -0.4 is 11.1 Å². The first-order valence-electron chi connectivity index (χ1n) is 3.71. The Balaban J connectivity index is 2.33. The molecule has 0 saturated carbocycles. The quantitative estimate of drug-likeness (QED) is 0.659. The van der Waals surface area contributed by atoms with Crippen molar-refractivity contribution in [3.8, 4) is 0 Å². The normalized spacial score (nSPS) is 9.75. The number of nitrogens with one attached hydrogen (secondary N) is 1.